The summed E-state index contributed by atoms with van der Waals surface area (Å²) in [6.07, 6.45) is 2.62. The van der Waals surface area contributed by atoms with Crippen LogP contribution in [0.4, 0.5) is 0 Å². The van der Waals surface area contributed by atoms with Gasteiger partial charge in [-0.3, -0.25) is 5.10 Å². The number of aromatic nitrogens is 4. The fraction of sp³-hybridized carbons (Fsp3) is 0.444. The Bertz CT molecular complexity index is 984. The van der Waals surface area contributed by atoms with Crippen molar-refractivity contribution in [1.29, 1.82) is 0 Å². The molecule has 4 rings (SSSR count). The predicted octanol–water partition coefficient (Wildman–Crippen LogP) is 2.55. The van der Waals surface area contributed by atoms with Crippen LogP contribution in [0.2, 0.25) is 0 Å². The van der Waals surface area contributed by atoms with Crippen LogP contribution in [0.25, 0.3) is 11.0 Å². The third-order valence-corrected chi connectivity index (χ3v) is 7.19. The summed E-state index contributed by atoms with van der Waals surface area (Å²) in [5.74, 6) is 1.18. The fourth-order valence-electron chi connectivity index (χ4n) is 3.84. The van der Waals surface area contributed by atoms with Crippen molar-refractivity contribution >= 4 is 21.1 Å². The molecule has 1 aliphatic heterocycles. The maximum absolute atomic E-state index is 13.1. The third kappa shape index (κ3) is 3.03. The average Bonchev–Trinajstić information content (AvgIpc) is 3.17. The Morgan fingerprint density at radius 2 is 2.08 bits per heavy atom. The second-order valence-corrected chi connectivity index (χ2v) is 8.91. The standard InChI is InChI=1S/C18H23N5O2S/c1-12-18(13(2)22-21-12)26(24,25)23-9-5-6-14(11-23)10-17-19-15-7-3-4-8-16(15)20-17/h3-4,7-8,14H,5-6,9-11H2,1-2H3,(H,19,20)(H,21,22). The highest BCUT2D eigenvalue weighted by molar-refractivity contribution is 7.89. The molecule has 8 heteroatoms. The van der Waals surface area contributed by atoms with Crippen LogP contribution in [-0.4, -0.2) is 46.0 Å². The summed E-state index contributed by atoms with van der Waals surface area (Å²) in [5, 5.41) is 6.82. The molecule has 0 saturated carbocycles. The van der Waals surface area contributed by atoms with E-state index in [-0.39, 0.29) is 5.92 Å². The van der Waals surface area contributed by atoms with Crippen LogP contribution < -0.4 is 0 Å². The van der Waals surface area contributed by atoms with Gasteiger partial charge < -0.3 is 4.98 Å². The number of benzene rings is 1. The van der Waals surface area contributed by atoms with Gasteiger partial charge in [0.1, 0.15) is 10.7 Å². The molecular formula is C18H23N5O2S. The number of imidazole rings is 1. The number of piperidine rings is 1. The summed E-state index contributed by atoms with van der Waals surface area (Å²) in [4.78, 5) is 8.30. The first kappa shape index (κ1) is 17.2. The number of para-hydroxylation sites is 2. The lowest BCUT2D eigenvalue weighted by atomic mass is 9.96. The molecule has 3 aromatic rings. The largest absolute Gasteiger partial charge is 0.342 e. The second-order valence-electron chi connectivity index (χ2n) is 7.04. The van der Waals surface area contributed by atoms with Gasteiger partial charge in [0.25, 0.3) is 0 Å². The number of H-pyrrole nitrogens is 2. The van der Waals surface area contributed by atoms with E-state index in [4.69, 9.17) is 0 Å². The molecule has 0 radical (unpaired) electrons. The molecule has 138 valence electrons. The molecule has 1 saturated heterocycles. The average molecular weight is 373 g/mol. The van der Waals surface area contributed by atoms with Gasteiger partial charge in [0, 0.05) is 19.5 Å². The number of hydrogen-bond acceptors (Lipinski definition) is 4. The van der Waals surface area contributed by atoms with Crippen molar-refractivity contribution in [3.05, 3.63) is 41.5 Å². The van der Waals surface area contributed by atoms with Crippen molar-refractivity contribution in [3.8, 4) is 0 Å². The van der Waals surface area contributed by atoms with Gasteiger partial charge >= 0.3 is 0 Å². The van der Waals surface area contributed by atoms with Crippen molar-refractivity contribution in [2.24, 2.45) is 5.92 Å². The number of aromatic amines is 2. The monoisotopic (exact) mass is 373 g/mol. The van der Waals surface area contributed by atoms with Crippen LogP contribution in [0.1, 0.15) is 30.1 Å². The molecule has 1 atom stereocenters. The molecule has 1 fully saturated rings. The Hall–Kier alpha value is -2.19. The first-order chi connectivity index (χ1) is 12.4. The van der Waals surface area contributed by atoms with Gasteiger partial charge in [-0.2, -0.15) is 9.40 Å². The van der Waals surface area contributed by atoms with Gasteiger partial charge in [-0.15, -0.1) is 0 Å². The number of nitrogens with zero attached hydrogens (tertiary/aromatic N) is 3. The Morgan fingerprint density at radius 1 is 1.27 bits per heavy atom. The molecule has 2 N–H and O–H groups in total. The van der Waals surface area contributed by atoms with E-state index < -0.39 is 10.0 Å². The van der Waals surface area contributed by atoms with Crippen LogP contribution in [0.15, 0.2) is 29.2 Å². The molecule has 0 bridgehead atoms. The van der Waals surface area contributed by atoms with Gasteiger partial charge in [0.2, 0.25) is 10.0 Å². The van der Waals surface area contributed by atoms with Gasteiger partial charge in [0.15, 0.2) is 0 Å². The van der Waals surface area contributed by atoms with Gasteiger partial charge in [0.05, 0.1) is 22.4 Å². The number of fused-ring (bicyclic) bond motifs is 1. The lowest BCUT2D eigenvalue weighted by Gasteiger charge is -2.31. The highest BCUT2D eigenvalue weighted by Gasteiger charge is 2.33. The molecule has 0 amide bonds. The zero-order chi connectivity index (χ0) is 18.3. The summed E-state index contributed by atoms with van der Waals surface area (Å²) in [5.41, 5.74) is 3.10. The predicted molar refractivity (Wildman–Crippen MR) is 99.3 cm³/mol. The van der Waals surface area contributed by atoms with Gasteiger partial charge in [-0.1, -0.05) is 12.1 Å². The minimum absolute atomic E-state index is 0.256. The lowest BCUT2D eigenvalue weighted by molar-refractivity contribution is 0.263. The molecule has 7 nitrogen and oxygen atoms in total. The van der Waals surface area contributed by atoms with E-state index in [2.05, 4.69) is 20.2 Å². The zero-order valence-corrected chi connectivity index (χ0v) is 15.8. The Labute approximate surface area is 152 Å². The summed E-state index contributed by atoms with van der Waals surface area (Å²) in [6.45, 7) is 4.56. The summed E-state index contributed by atoms with van der Waals surface area (Å²) >= 11 is 0. The van der Waals surface area contributed by atoms with Crippen molar-refractivity contribution in [1.82, 2.24) is 24.5 Å². The summed E-state index contributed by atoms with van der Waals surface area (Å²) in [7, 11) is -3.52. The SMILES string of the molecule is Cc1n[nH]c(C)c1S(=O)(=O)N1CCCC(Cc2nc3ccccc3[nH]2)C1. The lowest BCUT2D eigenvalue weighted by Crippen LogP contribution is -2.40. The quantitative estimate of drug-likeness (QED) is 0.735. The maximum atomic E-state index is 13.1. The van der Waals surface area contributed by atoms with E-state index in [1.165, 1.54) is 0 Å². The Balaban J connectivity index is 1.54. The van der Waals surface area contributed by atoms with E-state index >= 15 is 0 Å². The molecule has 0 aliphatic carbocycles. The molecule has 2 aromatic heterocycles. The first-order valence-electron chi connectivity index (χ1n) is 8.90. The fourth-order valence-corrected chi connectivity index (χ4v) is 5.72. The molecule has 26 heavy (non-hydrogen) atoms. The molecule has 3 heterocycles. The third-order valence-electron chi connectivity index (χ3n) is 5.06. The number of rotatable bonds is 4. The molecule has 1 aromatic carbocycles. The van der Waals surface area contributed by atoms with E-state index in [0.29, 0.717) is 29.4 Å². The van der Waals surface area contributed by atoms with Crippen LogP contribution >= 0.6 is 0 Å². The molecular weight excluding hydrogens is 350 g/mol. The van der Waals surface area contributed by atoms with Crippen LogP contribution in [0.5, 0.6) is 0 Å². The molecule has 0 spiro atoms. The van der Waals surface area contributed by atoms with Crippen LogP contribution in [0.3, 0.4) is 0 Å². The van der Waals surface area contributed by atoms with Crippen molar-refractivity contribution < 1.29 is 8.42 Å². The van der Waals surface area contributed by atoms with Crippen LogP contribution in [0, 0.1) is 19.8 Å². The summed E-state index contributed by atoms with van der Waals surface area (Å²) in [6, 6.07) is 7.94. The normalized spacial score (nSPS) is 19.2. The molecule has 1 aliphatic rings. The number of sulfonamides is 1. The van der Waals surface area contributed by atoms with E-state index in [1.807, 2.05) is 24.3 Å². The highest BCUT2D eigenvalue weighted by atomic mass is 32.2. The maximum Gasteiger partial charge on any atom is 0.246 e. The Morgan fingerprint density at radius 3 is 2.81 bits per heavy atom. The van der Waals surface area contributed by atoms with Crippen molar-refractivity contribution in [2.45, 2.75) is 38.0 Å². The minimum atomic E-state index is -3.52. The van der Waals surface area contributed by atoms with Crippen LogP contribution in [-0.2, 0) is 16.4 Å². The number of hydrogen-bond donors (Lipinski definition) is 2. The topological polar surface area (TPSA) is 94.7 Å². The smallest absolute Gasteiger partial charge is 0.246 e. The number of aryl methyl sites for hydroxylation is 2. The first-order valence-corrected chi connectivity index (χ1v) is 10.3. The minimum Gasteiger partial charge on any atom is -0.342 e. The second kappa shape index (κ2) is 6.51. The Kier molecular flexibility index (Phi) is 4.32. The van der Waals surface area contributed by atoms with E-state index in [9.17, 15) is 8.42 Å². The number of nitrogens with one attached hydrogen (secondary N) is 2. The van der Waals surface area contributed by atoms with E-state index in [1.54, 1.807) is 18.2 Å². The van der Waals surface area contributed by atoms with Gasteiger partial charge in [-0.05, 0) is 44.7 Å². The van der Waals surface area contributed by atoms with Crippen molar-refractivity contribution in [2.75, 3.05) is 13.1 Å². The van der Waals surface area contributed by atoms with E-state index in [0.717, 1.165) is 36.1 Å². The van der Waals surface area contributed by atoms with Gasteiger partial charge in [-0.25, -0.2) is 13.4 Å². The summed E-state index contributed by atoms with van der Waals surface area (Å²) < 4.78 is 27.7. The molecule has 1 unspecified atom stereocenters. The highest BCUT2D eigenvalue weighted by Crippen LogP contribution is 2.28. The van der Waals surface area contributed by atoms with Crippen molar-refractivity contribution in [3.63, 3.8) is 0 Å². The zero-order valence-electron chi connectivity index (χ0n) is 15.0.